The molecule has 1 saturated heterocycles. The summed E-state index contributed by atoms with van der Waals surface area (Å²) in [5.41, 5.74) is 5.57. The highest BCUT2D eigenvalue weighted by Crippen LogP contribution is 2.13. The van der Waals surface area contributed by atoms with E-state index in [9.17, 15) is 0 Å². The zero-order valence-electron chi connectivity index (χ0n) is 6.25. The zero-order valence-corrected chi connectivity index (χ0v) is 6.25. The molecule has 10 heavy (non-hydrogen) atoms. The first-order valence-corrected chi connectivity index (χ1v) is 3.60. The van der Waals surface area contributed by atoms with Crippen LogP contribution in [-0.2, 0) is 0 Å². The summed E-state index contributed by atoms with van der Waals surface area (Å²) in [5.74, 6) is 0.263. The third-order valence-electron chi connectivity index (χ3n) is 1.69. The molecule has 0 bridgehead atoms. The van der Waals surface area contributed by atoms with Crippen molar-refractivity contribution in [2.45, 2.75) is 13.0 Å². The third kappa shape index (κ3) is 1.69. The van der Waals surface area contributed by atoms with Crippen LogP contribution in [0.2, 0.25) is 0 Å². The lowest BCUT2D eigenvalue weighted by atomic mass is 10.0. The lowest BCUT2D eigenvalue weighted by Gasteiger charge is -2.36. The van der Waals surface area contributed by atoms with Crippen LogP contribution in [0.5, 0.6) is 0 Å². The van der Waals surface area contributed by atoms with E-state index in [4.69, 9.17) is 11.0 Å². The van der Waals surface area contributed by atoms with Gasteiger partial charge in [-0.25, -0.2) is 0 Å². The minimum atomic E-state index is 0.236. The Morgan fingerprint density at radius 1 is 1.80 bits per heavy atom. The van der Waals surface area contributed by atoms with Gasteiger partial charge in [0.25, 0.3) is 0 Å². The zero-order chi connectivity index (χ0) is 7.56. The van der Waals surface area contributed by atoms with Gasteiger partial charge in [0.05, 0.1) is 12.0 Å². The van der Waals surface area contributed by atoms with E-state index in [1.165, 1.54) is 0 Å². The Balaban J connectivity index is 2.10. The van der Waals surface area contributed by atoms with Gasteiger partial charge in [-0.3, -0.25) is 4.90 Å². The minimum Gasteiger partial charge on any atom is -0.327 e. The molecule has 1 rings (SSSR count). The fraction of sp³-hybridized carbons (Fsp3) is 0.857. The van der Waals surface area contributed by atoms with Crippen molar-refractivity contribution >= 4 is 0 Å². The molecule has 2 N–H and O–H groups in total. The highest BCUT2D eigenvalue weighted by Gasteiger charge is 2.26. The van der Waals surface area contributed by atoms with Gasteiger partial charge in [-0.1, -0.05) is 0 Å². The molecule has 3 heteroatoms. The van der Waals surface area contributed by atoms with Crippen LogP contribution >= 0.6 is 0 Å². The quantitative estimate of drug-likeness (QED) is 0.576. The van der Waals surface area contributed by atoms with Crippen LogP contribution in [0.1, 0.15) is 6.92 Å². The van der Waals surface area contributed by atoms with Crippen molar-refractivity contribution in [1.29, 1.82) is 5.26 Å². The molecule has 0 aromatic carbocycles. The van der Waals surface area contributed by atoms with Crippen molar-refractivity contribution in [3.8, 4) is 6.07 Å². The van der Waals surface area contributed by atoms with Crippen molar-refractivity contribution in [2.24, 2.45) is 11.7 Å². The minimum absolute atomic E-state index is 0.236. The fourth-order valence-corrected chi connectivity index (χ4v) is 1.21. The maximum atomic E-state index is 8.43. The van der Waals surface area contributed by atoms with Crippen LogP contribution in [0.15, 0.2) is 0 Å². The molecule has 1 fully saturated rings. The Labute approximate surface area is 61.4 Å². The molecule has 3 nitrogen and oxygen atoms in total. The normalized spacial score (nSPS) is 23.3. The van der Waals surface area contributed by atoms with Gasteiger partial charge in [0.2, 0.25) is 0 Å². The van der Waals surface area contributed by atoms with E-state index >= 15 is 0 Å². The molecule has 0 aromatic heterocycles. The molecule has 0 aromatic rings. The second kappa shape index (κ2) is 3.00. The molecule has 0 amide bonds. The summed E-state index contributed by atoms with van der Waals surface area (Å²) in [6.45, 7) is 4.74. The molecule has 0 saturated carbocycles. The number of nitriles is 1. The van der Waals surface area contributed by atoms with Crippen molar-refractivity contribution in [3.05, 3.63) is 0 Å². The lowest BCUT2D eigenvalue weighted by Crippen LogP contribution is -2.50. The van der Waals surface area contributed by atoms with E-state index < -0.39 is 0 Å². The Bertz CT molecular complexity index is 141. The van der Waals surface area contributed by atoms with E-state index in [-0.39, 0.29) is 12.0 Å². The highest BCUT2D eigenvalue weighted by molar-refractivity contribution is 4.95. The second-order valence-electron chi connectivity index (χ2n) is 3.02. The Kier molecular flexibility index (Phi) is 2.25. The predicted octanol–water partition coefficient (Wildman–Crippen LogP) is -0.211. The van der Waals surface area contributed by atoms with E-state index in [1.54, 1.807) is 0 Å². The summed E-state index contributed by atoms with van der Waals surface area (Å²) in [6, 6.07) is 2.46. The maximum absolute atomic E-state index is 8.43. The van der Waals surface area contributed by atoms with Crippen molar-refractivity contribution < 1.29 is 0 Å². The predicted molar refractivity (Wildman–Crippen MR) is 39.2 cm³/mol. The molecule has 0 aliphatic carbocycles. The number of nitrogens with zero attached hydrogens (tertiary/aromatic N) is 2. The van der Waals surface area contributed by atoms with Crippen LogP contribution in [0.4, 0.5) is 0 Å². The summed E-state index contributed by atoms with van der Waals surface area (Å²) < 4.78 is 0. The maximum Gasteiger partial charge on any atom is 0.0717 e. The average molecular weight is 139 g/mol. The van der Waals surface area contributed by atoms with E-state index in [1.807, 2.05) is 6.92 Å². The van der Waals surface area contributed by atoms with Gasteiger partial charge in [0.1, 0.15) is 0 Å². The van der Waals surface area contributed by atoms with Gasteiger partial charge in [0, 0.05) is 25.7 Å². The molecule has 0 unspecified atom stereocenters. The van der Waals surface area contributed by atoms with Crippen molar-refractivity contribution in [2.75, 3.05) is 19.6 Å². The summed E-state index contributed by atoms with van der Waals surface area (Å²) >= 11 is 0. The van der Waals surface area contributed by atoms with Crippen LogP contribution in [0, 0.1) is 17.2 Å². The number of hydrogen-bond acceptors (Lipinski definition) is 3. The smallest absolute Gasteiger partial charge is 0.0717 e. The second-order valence-corrected chi connectivity index (χ2v) is 3.02. The molecular formula is C7H13N3. The summed E-state index contributed by atoms with van der Waals surface area (Å²) in [6.07, 6.45) is 0. The Morgan fingerprint density at radius 3 is 2.80 bits per heavy atom. The number of nitrogens with two attached hydrogens (primary N) is 1. The molecular weight excluding hydrogens is 126 g/mol. The van der Waals surface area contributed by atoms with Crippen LogP contribution in [0.3, 0.4) is 0 Å². The van der Waals surface area contributed by atoms with Gasteiger partial charge >= 0.3 is 0 Å². The molecule has 1 heterocycles. The van der Waals surface area contributed by atoms with Gasteiger partial charge in [-0.15, -0.1) is 0 Å². The number of likely N-dealkylation sites (tertiary alicyclic amines) is 1. The first-order valence-electron chi connectivity index (χ1n) is 3.60. The van der Waals surface area contributed by atoms with Crippen LogP contribution in [-0.4, -0.2) is 30.6 Å². The lowest BCUT2D eigenvalue weighted by molar-refractivity contribution is 0.129. The average Bonchev–Trinajstić information content (AvgIpc) is 1.76. The monoisotopic (exact) mass is 139 g/mol. The van der Waals surface area contributed by atoms with Crippen molar-refractivity contribution in [3.63, 3.8) is 0 Å². The van der Waals surface area contributed by atoms with Gasteiger partial charge in [0.15, 0.2) is 0 Å². The van der Waals surface area contributed by atoms with E-state index in [2.05, 4.69) is 11.0 Å². The number of hydrogen-bond donors (Lipinski definition) is 1. The standard InChI is InChI=1S/C7H13N3/c1-6(9)3-10-4-7(2-8)5-10/h6-7H,3-5,9H2,1H3/t6-/m1/s1. The van der Waals surface area contributed by atoms with Crippen molar-refractivity contribution in [1.82, 2.24) is 4.90 Å². The topological polar surface area (TPSA) is 53.0 Å². The van der Waals surface area contributed by atoms with Gasteiger partial charge in [-0.2, -0.15) is 5.26 Å². The third-order valence-corrected chi connectivity index (χ3v) is 1.69. The molecule has 0 radical (unpaired) electrons. The number of rotatable bonds is 2. The van der Waals surface area contributed by atoms with E-state index in [0.717, 1.165) is 19.6 Å². The molecule has 56 valence electrons. The van der Waals surface area contributed by atoms with Crippen LogP contribution < -0.4 is 5.73 Å². The van der Waals surface area contributed by atoms with Crippen LogP contribution in [0.25, 0.3) is 0 Å². The van der Waals surface area contributed by atoms with Gasteiger partial charge in [-0.05, 0) is 6.92 Å². The summed E-state index contributed by atoms with van der Waals surface area (Å²) in [7, 11) is 0. The molecule has 0 spiro atoms. The first kappa shape index (κ1) is 7.52. The highest BCUT2D eigenvalue weighted by atomic mass is 15.2. The van der Waals surface area contributed by atoms with Gasteiger partial charge < -0.3 is 5.73 Å². The fourth-order valence-electron chi connectivity index (χ4n) is 1.21. The largest absolute Gasteiger partial charge is 0.327 e. The molecule has 1 aliphatic rings. The molecule has 1 aliphatic heterocycles. The Hall–Kier alpha value is -0.590. The first-order chi connectivity index (χ1) is 4.72. The molecule has 1 atom stereocenters. The van der Waals surface area contributed by atoms with E-state index in [0.29, 0.717) is 0 Å². The summed E-state index contributed by atoms with van der Waals surface area (Å²) in [4.78, 5) is 2.21. The SMILES string of the molecule is C[C@@H](N)CN1CC(C#N)C1. The Morgan fingerprint density at radius 2 is 2.40 bits per heavy atom. The summed E-state index contributed by atoms with van der Waals surface area (Å²) in [5, 5.41) is 8.43.